The summed E-state index contributed by atoms with van der Waals surface area (Å²) in [6, 6.07) is 6.28. The van der Waals surface area contributed by atoms with Crippen LogP contribution in [0.5, 0.6) is 0 Å². The lowest BCUT2D eigenvalue weighted by Gasteiger charge is -2.26. The van der Waals surface area contributed by atoms with Crippen molar-refractivity contribution in [2.24, 2.45) is 0 Å². The van der Waals surface area contributed by atoms with Crippen LogP contribution >= 0.6 is 0 Å². The maximum atomic E-state index is 4.55. The second kappa shape index (κ2) is 6.24. The Kier molecular flexibility index (Phi) is 3.94. The Bertz CT molecular complexity index is 886. The fourth-order valence-corrected chi connectivity index (χ4v) is 3.52. The molecule has 5 nitrogen and oxygen atoms in total. The molecule has 0 saturated carbocycles. The molecule has 5 heteroatoms. The average molecular weight is 321 g/mol. The average Bonchev–Trinajstić information content (AvgIpc) is 3.16. The van der Waals surface area contributed by atoms with Gasteiger partial charge >= 0.3 is 0 Å². The van der Waals surface area contributed by atoms with Gasteiger partial charge in [0.25, 0.3) is 0 Å². The third kappa shape index (κ3) is 2.87. The minimum atomic E-state index is 0.958. The highest BCUT2D eigenvalue weighted by atomic mass is 15.3. The number of hydrogen-bond acceptors (Lipinski definition) is 3. The first kappa shape index (κ1) is 15.1. The summed E-state index contributed by atoms with van der Waals surface area (Å²) >= 11 is 0. The molecule has 1 N–H and O–H groups in total. The van der Waals surface area contributed by atoms with Crippen molar-refractivity contribution in [2.75, 3.05) is 19.6 Å². The molecule has 0 bridgehead atoms. The summed E-state index contributed by atoms with van der Waals surface area (Å²) in [6.45, 7) is 8.27. The Morgan fingerprint density at radius 2 is 2.17 bits per heavy atom. The lowest BCUT2D eigenvalue weighted by molar-refractivity contribution is 0.282. The number of H-pyrrole nitrogens is 1. The Morgan fingerprint density at radius 3 is 2.92 bits per heavy atom. The van der Waals surface area contributed by atoms with E-state index in [1.54, 1.807) is 0 Å². The second-order valence-electron chi connectivity index (χ2n) is 6.53. The molecule has 4 heterocycles. The van der Waals surface area contributed by atoms with Crippen LogP contribution in [0.25, 0.3) is 16.6 Å². The maximum Gasteiger partial charge on any atom is 0.137 e. The van der Waals surface area contributed by atoms with E-state index >= 15 is 0 Å². The molecule has 24 heavy (non-hydrogen) atoms. The third-order valence-corrected chi connectivity index (χ3v) is 4.82. The third-order valence-electron chi connectivity index (χ3n) is 4.82. The Labute approximate surface area is 142 Å². The van der Waals surface area contributed by atoms with Crippen molar-refractivity contribution >= 4 is 16.6 Å². The van der Waals surface area contributed by atoms with Gasteiger partial charge in [0, 0.05) is 48.7 Å². The number of rotatable bonds is 4. The minimum Gasteiger partial charge on any atom is -0.346 e. The van der Waals surface area contributed by atoms with E-state index in [1.807, 2.05) is 12.3 Å². The molecule has 0 unspecified atom stereocenters. The molecule has 0 saturated heterocycles. The number of hydrogen-bond donors (Lipinski definition) is 1. The fraction of sp³-hybridized carbons (Fsp3) is 0.368. The molecule has 0 radical (unpaired) electrons. The summed E-state index contributed by atoms with van der Waals surface area (Å²) in [5, 5.41) is 5.77. The van der Waals surface area contributed by atoms with Gasteiger partial charge in [-0.25, -0.2) is 4.98 Å². The van der Waals surface area contributed by atoms with Crippen LogP contribution in [0.2, 0.25) is 0 Å². The fourth-order valence-electron chi connectivity index (χ4n) is 3.52. The van der Waals surface area contributed by atoms with E-state index in [4.69, 9.17) is 0 Å². The van der Waals surface area contributed by atoms with Gasteiger partial charge in [-0.15, -0.1) is 0 Å². The number of aryl methyl sites for hydroxylation is 2. The first-order valence-corrected chi connectivity index (χ1v) is 8.55. The van der Waals surface area contributed by atoms with Gasteiger partial charge < -0.3 is 4.98 Å². The molecule has 0 amide bonds. The molecule has 3 aromatic rings. The summed E-state index contributed by atoms with van der Waals surface area (Å²) in [4.78, 5) is 10.1. The molecule has 1 aliphatic heterocycles. The Balaban J connectivity index is 1.43. The monoisotopic (exact) mass is 321 g/mol. The topological polar surface area (TPSA) is 49.7 Å². The zero-order valence-corrected chi connectivity index (χ0v) is 14.3. The van der Waals surface area contributed by atoms with Crippen LogP contribution in [-0.2, 0) is 6.54 Å². The van der Waals surface area contributed by atoms with E-state index in [1.165, 1.54) is 22.2 Å². The number of nitrogens with zero attached hydrogens (tertiary/aromatic N) is 4. The number of nitrogens with one attached hydrogen (secondary N) is 1. The van der Waals surface area contributed by atoms with E-state index in [2.05, 4.69) is 62.9 Å². The van der Waals surface area contributed by atoms with Crippen LogP contribution in [0.15, 0.2) is 36.7 Å². The Morgan fingerprint density at radius 1 is 1.25 bits per heavy atom. The van der Waals surface area contributed by atoms with E-state index in [0.29, 0.717) is 0 Å². The van der Waals surface area contributed by atoms with E-state index in [-0.39, 0.29) is 0 Å². The summed E-state index contributed by atoms with van der Waals surface area (Å²) in [7, 11) is 0. The molecule has 124 valence electrons. The van der Waals surface area contributed by atoms with E-state index in [9.17, 15) is 0 Å². The van der Waals surface area contributed by atoms with Gasteiger partial charge in [0.2, 0.25) is 0 Å². The van der Waals surface area contributed by atoms with Crippen molar-refractivity contribution < 1.29 is 0 Å². The van der Waals surface area contributed by atoms with Crippen molar-refractivity contribution in [1.82, 2.24) is 24.6 Å². The molecule has 0 atom stereocenters. The smallest absolute Gasteiger partial charge is 0.137 e. The van der Waals surface area contributed by atoms with Crippen LogP contribution in [-0.4, -0.2) is 44.3 Å². The van der Waals surface area contributed by atoms with Gasteiger partial charge in [-0.3, -0.25) is 9.58 Å². The quantitative estimate of drug-likeness (QED) is 0.803. The maximum absolute atomic E-state index is 4.55. The second-order valence-corrected chi connectivity index (χ2v) is 6.53. The van der Waals surface area contributed by atoms with Crippen molar-refractivity contribution in [3.8, 4) is 0 Å². The molecule has 4 rings (SSSR count). The van der Waals surface area contributed by atoms with Crippen LogP contribution in [0, 0.1) is 13.8 Å². The summed E-state index contributed by atoms with van der Waals surface area (Å²) in [5.74, 6) is 0. The predicted octanol–water partition coefficient (Wildman–Crippen LogP) is 3.17. The molecule has 0 fully saturated rings. The summed E-state index contributed by atoms with van der Waals surface area (Å²) in [6.07, 6.45) is 7.37. The molecular weight excluding hydrogens is 298 g/mol. The largest absolute Gasteiger partial charge is 0.346 e. The standard InChI is InChI=1S/C19H23N5/c1-14-12-15(2)24(22-14)11-10-23-8-5-16(6-9-23)18-13-21-19-17(18)4-3-7-20-19/h3-5,7,12-13H,6,8-11H2,1-2H3,(H,20,21). The van der Waals surface area contributed by atoms with Crippen molar-refractivity contribution in [1.29, 1.82) is 0 Å². The highest BCUT2D eigenvalue weighted by Gasteiger charge is 2.16. The zero-order chi connectivity index (χ0) is 16.5. The number of aromatic amines is 1. The molecule has 3 aromatic heterocycles. The normalized spacial score (nSPS) is 15.8. The Hall–Kier alpha value is -2.40. The van der Waals surface area contributed by atoms with Crippen molar-refractivity contribution in [3.05, 3.63) is 53.6 Å². The van der Waals surface area contributed by atoms with Crippen LogP contribution in [0.4, 0.5) is 0 Å². The summed E-state index contributed by atoms with van der Waals surface area (Å²) < 4.78 is 2.11. The molecule has 0 spiro atoms. The minimum absolute atomic E-state index is 0.958. The first-order valence-electron chi connectivity index (χ1n) is 8.55. The van der Waals surface area contributed by atoms with E-state index in [0.717, 1.165) is 43.9 Å². The first-order chi connectivity index (χ1) is 11.7. The van der Waals surface area contributed by atoms with Gasteiger partial charge in [-0.1, -0.05) is 6.08 Å². The highest BCUT2D eigenvalue weighted by molar-refractivity contribution is 5.90. The van der Waals surface area contributed by atoms with Crippen molar-refractivity contribution in [3.63, 3.8) is 0 Å². The number of fused-ring (bicyclic) bond motifs is 1. The van der Waals surface area contributed by atoms with Gasteiger partial charge in [0.1, 0.15) is 5.65 Å². The molecule has 0 aromatic carbocycles. The summed E-state index contributed by atoms with van der Waals surface area (Å²) in [5.41, 5.74) is 6.04. The van der Waals surface area contributed by atoms with Crippen LogP contribution in [0.1, 0.15) is 23.4 Å². The lowest BCUT2D eigenvalue weighted by atomic mass is 9.99. The number of pyridine rings is 1. The van der Waals surface area contributed by atoms with Gasteiger partial charge in [-0.05, 0) is 44.0 Å². The molecular formula is C19H23N5. The van der Waals surface area contributed by atoms with E-state index < -0.39 is 0 Å². The van der Waals surface area contributed by atoms with Gasteiger partial charge in [0.15, 0.2) is 0 Å². The SMILES string of the molecule is Cc1cc(C)n(CCN2CC=C(c3c[nH]c4ncccc34)CC2)n1. The van der Waals surface area contributed by atoms with Gasteiger partial charge in [-0.2, -0.15) is 5.10 Å². The van der Waals surface area contributed by atoms with Gasteiger partial charge in [0.05, 0.1) is 12.2 Å². The van der Waals surface area contributed by atoms with Crippen LogP contribution in [0.3, 0.4) is 0 Å². The van der Waals surface area contributed by atoms with Crippen molar-refractivity contribution in [2.45, 2.75) is 26.8 Å². The highest BCUT2D eigenvalue weighted by Crippen LogP contribution is 2.28. The molecule has 0 aliphatic carbocycles. The number of aromatic nitrogens is 4. The molecule has 1 aliphatic rings. The predicted molar refractivity (Wildman–Crippen MR) is 96.8 cm³/mol. The lowest BCUT2D eigenvalue weighted by Crippen LogP contribution is -2.32. The zero-order valence-electron chi connectivity index (χ0n) is 14.3. The van der Waals surface area contributed by atoms with Crippen LogP contribution < -0.4 is 0 Å².